The molecule has 4 nitrogen and oxygen atoms in total. The van der Waals surface area contributed by atoms with Crippen molar-refractivity contribution in [1.29, 1.82) is 0 Å². The van der Waals surface area contributed by atoms with Crippen molar-refractivity contribution in [3.63, 3.8) is 0 Å². The first kappa shape index (κ1) is 16.0. The number of carbonyl (C=O) groups is 1. The zero-order valence-corrected chi connectivity index (χ0v) is 13.2. The predicted octanol–water partition coefficient (Wildman–Crippen LogP) is 3.65. The second-order valence-electron chi connectivity index (χ2n) is 7.64. The first-order valence-electron chi connectivity index (χ1n) is 7.14. The molecular formula is C15H28N3O+. The molecule has 19 heavy (non-hydrogen) atoms. The highest BCUT2D eigenvalue weighted by Crippen LogP contribution is 2.20. The molecule has 0 radical (unpaired) electrons. The standard InChI is InChI=1S/C15H28N3O/c1-14(2,3)11-18-10-12(16-17-18)8-7-9-13(19)15(4,5)6/h10,12H,7-9,11H2,1-6H3/q+1. The van der Waals surface area contributed by atoms with Crippen LogP contribution in [0.3, 0.4) is 0 Å². The van der Waals surface area contributed by atoms with Gasteiger partial charge in [0.05, 0.1) is 0 Å². The first-order chi connectivity index (χ1) is 8.58. The summed E-state index contributed by atoms with van der Waals surface area (Å²) >= 11 is 0. The SMILES string of the molecule is CC(C)(C)C[N+]1=CC(CCCC(=O)C(C)(C)C)N=N1. The molecule has 0 fully saturated rings. The largest absolute Gasteiger partial charge is 0.299 e. The minimum absolute atomic E-state index is 0.148. The van der Waals surface area contributed by atoms with Crippen LogP contribution in [0.5, 0.6) is 0 Å². The first-order valence-corrected chi connectivity index (χ1v) is 7.14. The van der Waals surface area contributed by atoms with Gasteiger partial charge in [-0.3, -0.25) is 4.79 Å². The van der Waals surface area contributed by atoms with E-state index in [1.807, 2.05) is 25.5 Å². The van der Waals surface area contributed by atoms with Gasteiger partial charge in [0, 0.05) is 28.8 Å². The maximum atomic E-state index is 11.8. The molecule has 1 aliphatic heterocycles. The monoisotopic (exact) mass is 266 g/mol. The Morgan fingerprint density at radius 3 is 2.37 bits per heavy atom. The van der Waals surface area contributed by atoms with Crippen molar-refractivity contribution in [2.45, 2.75) is 66.8 Å². The summed E-state index contributed by atoms with van der Waals surface area (Å²) in [6.45, 7) is 13.4. The zero-order chi connectivity index (χ0) is 14.7. The lowest BCUT2D eigenvalue weighted by molar-refractivity contribution is -0.544. The third kappa shape index (κ3) is 6.08. The van der Waals surface area contributed by atoms with Crippen LogP contribution in [0.2, 0.25) is 0 Å². The summed E-state index contributed by atoms with van der Waals surface area (Å²) in [6.07, 6.45) is 4.51. The zero-order valence-electron chi connectivity index (χ0n) is 13.2. The van der Waals surface area contributed by atoms with Gasteiger partial charge in [-0.15, -0.1) is 4.68 Å². The Labute approximate surface area is 117 Å². The van der Waals surface area contributed by atoms with Crippen molar-refractivity contribution >= 4 is 12.0 Å². The Bertz CT molecular complexity index is 383. The van der Waals surface area contributed by atoms with Crippen LogP contribution < -0.4 is 0 Å². The smallest absolute Gasteiger partial charge is 0.222 e. The van der Waals surface area contributed by atoms with Gasteiger partial charge in [0.1, 0.15) is 23.8 Å². The molecule has 0 bridgehead atoms. The molecule has 1 rings (SSSR count). The summed E-state index contributed by atoms with van der Waals surface area (Å²) in [5.41, 5.74) is -0.00815. The molecule has 1 unspecified atom stereocenters. The van der Waals surface area contributed by atoms with Crippen LogP contribution in [-0.2, 0) is 4.79 Å². The van der Waals surface area contributed by atoms with E-state index in [1.54, 1.807) is 0 Å². The van der Waals surface area contributed by atoms with E-state index >= 15 is 0 Å². The van der Waals surface area contributed by atoms with Crippen molar-refractivity contribution in [3.8, 4) is 0 Å². The Morgan fingerprint density at radius 1 is 1.21 bits per heavy atom. The molecule has 1 aliphatic rings. The average Bonchev–Trinajstić information content (AvgIpc) is 2.61. The summed E-state index contributed by atoms with van der Waals surface area (Å²) in [7, 11) is 0. The molecule has 1 heterocycles. The number of rotatable bonds is 5. The second-order valence-corrected chi connectivity index (χ2v) is 7.64. The lowest BCUT2D eigenvalue weighted by Gasteiger charge is -2.15. The molecule has 1 atom stereocenters. The van der Waals surface area contributed by atoms with Gasteiger partial charge in [-0.25, -0.2) is 0 Å². The van der Waals surface area contributed by atoms with E-state index < -0.39 is 0 Å². The average molecular weight is 266 g/mol. The summed E-state index contributed by atoms with van der Waals surface area (Å²) in [5, 5.41) is 8.41. The number of carbonyl (C=O) groups excluding carboxylic acids is 1. The molecule has 0 aromatic heterocycles. The van der Waals surface area contributed by atoms with Crippen LogP contribution in [0.25, 0.3) is 0 Å². The fourth-order valence-electron chi connectivity index (χ4n) is 1.94. The number of Topliss-reactive ketones (excluding diaryl/α,β-unsaturated/α-hetero) is 1. The molecule has 0 N–H and O–H groups in total. The summed E-state index contributed by atoms with van der Waals surface area (Å²) in [4.78, 5) is 11.8. The van der Waals surface area contributed by atoms with Crippen LogP contribution in [0.1, 0.15) is 60.8 Å². The van der Waals surface area contributed by atoms with Gasteiger partial charge in [0.15, 0.2) is 0 Å². The van der Waals surface area contributed by atoms with Crippen LogP contribution in [0.15, 0.2) is 10.3 Å². The highest BCUT2D eigenvalue weighted by Gasteiger charge is 2.26. The van der Waals surface area contributed by atoms with Gasteiger partial charge in [-0.05, 0) is 6.42 Å². The van der Waals surface area contributed by atoms with Crippen LogP contribution >= 0.6 is 0 Å². The van der Waals surface area contributed by atoms with E-state index in [9.17, 15) is 4.79 Å². The molecule has 0 aromatic carbocycles. The number of nitrogens with zero attached hydrogens (tertiary/aromatic N) is 3. The van der Waals surface area contributed by atoms with Gasteiger partial charge in [0.25, 0.3) is 0 Å². The van der Waals surface area contributed by atoms with Gasteiger partial charge in [0.2, 0.25) is 6.04 Å². The fraction of sp³-hybridized carbons (Fsp3) is 0.867. The van der Waals surface area contributed by atoms with Gasteiger partial charge in [-0.2, -0.15) is 0 Å². The fourth-order valence-corrected chi connectivity index (χ4v) is 1.94. The normalized spacial score (nSPS) is 19.7. The van der Waals surface area contributed by atoms with E-state index in [0.717, 1.165) is 19.4 Å². The van der Waals surface area contributed by atoms with E-state index in [2.05, 4.69) is 37.3 Å². The third-order valence-electron chi connectivity index (χ3n) is 3.04. The Kier molecular flexibility index (Phi) is 4.99. The minimum Gasteiger partial charge on any atom is -0.299 e. The Hall–Kier alpha value is -1.06. The summed E-state index contributed by atoms with van der Waals surface area (Å²) < 4.78 is 1.93. The molecule has 0 saturated carbocycles. The van der Waals surface area contributed by atoms with E-state index in [0.29, 0.717) is 12.2 Å². The minimum atomic E-state index is -0.223. The summed E-state index contributed by atoms with van der Waals surface area (Å²) in [5.74, 6) is 0.328. The quantitative estimate of drug-likeness (QED) is 0.700. The topological polar surface area (TPSA) is 44.8 Å². The molecule has 4 heteroatoms. The lowest BCUT2D eigenvalue weighted by Crippen LogP contribution is -2.22. The Morgan fingerprint density at radius 2 is 1.84 bits per heavy atom. The van der Waals surface area contributed by atoms with Gasteiger partial charge >= 0.3 is 0 Å². The van der Waals surface area contributed by atoms with Crippen LogP contribution in [-0.4, -0.2) is 29.3 Å². The number of hydrogen-bond acceptors (Lipinski definition) is 3. The highest BCUT2D eigenvalue weighted by atomic mass is 16.1. The molecule has 108 valence electrons. The molecule has 0 aliphatic carbocycles. The maximum Gasteiger partial charge on any atom is 0.222 e. The molecular weight excluding hydrogens is 238 g/mol. The van der Waals surface area contributed by atoms with E-state index in [1.165, 1.54) is 0 Å². The van der Waals surface area contributed by atoms with Crippen LogP contribution in [0, 0.1) is 10.8 Å². The highest BCUT2D eigenvalue weighted by molar-refractivity contribution is 5.83. The number of ketones is 1. The Balaban J connectivity index is 2.34. The third-order valence-corrected chi connectivity index (χ3v) is 3.04. The van der Waals surface area contributed by atoms with Crippen LogP contribution in [0.4, 0.5) is 0 Å². The van der Waals surface area contributed by atoms with Crippen molar-refractivity contribution in [3.05, 3.63) is 0 Å². The lowest BCUT2D eigenvalue weighted by atomic mass is 9.87. The van der Waals surface area contributed by atoms with Gasteiger partial charge < -0.3 is 0 Å². The van der Waals surface area contributed by atoms with Crippen molar-refractivity contribution in [1.82, 2.24) is 0 Å². The van der Waals surface area contributed by atoms with E-state index in [4.69, 9.17) is 0 Å². The molecule has 0 spiro atoms. The predicted molar refractivity (Wildman–Crippen MR) is 77.6 cm³/mol. The molecule has 0 saturated heterocycles. The maximum absolute atomic E-state index is 11.8. The molecule has 0 amide bonds. The van der Waals surface area contributed by atoms with Crippen molar-refractivity contribution in [2.75, 3.05) is 6.54 Å². The van der Waals surface area contributed by atoms with E-state index in [-0.39, 0.29) is 16.9 Å². The second kappa shape index (κ2) is 5.93. The summed E-state index contributed by atoms with van der Waals surface area (Å²) in [6, 6.07) is 0.148. The van der Waals surface area contributed by atoms with Crippen molar-refractivity contribution < 1.29 is 9.48 Å². The van der Waals surface area contributed by atoms with Gasteiger partial charge in [-0.1, -0.05) is 41.5 Å². The van der Waals surface area contributed by atoms with Crippen molar-refractivity contribution in [2.24, 2.45) is 21.2 Å². The number of hydrogen-bond donors (Lipinski definition) is 0. The molecule has 0 aromatic rings.